The molecule has 0 atom stereocenters. The average Bonchev–Trinajstić information content (AvgIpc) is 3.35. The maximum Gasteiger partial charge on any atom is 0.280 e. The summed E-state index contributed by atoms with van der Waals surface area (Å²) in [7, 11) is 0. The van der Waals surface area contributed by atoms with Crippen LogP contribution in [0.5, 0.6) is 0 Å². The van der Waals surface area contributed by atoms with E-state index in [-0.39, 0.29) is 17.2 Å². The second kappa shape index (κ2) is 8.17. The summed E-state index contributed by atoms with van der Waals surface area (Å²) in [6.45, 7) is 2.47. The van der Waals surface area contributed by atoms with Crippen LogP contribution in [0.25, 0.3) is 5.65 Å². The summed E-state index contributed by atoms with van der Waals surface area (Å²) < 4.78 is 54.7. The minimum absolute atomic E-state index is 0.226. The Hall–Kier alpha value is -3.76. The molecule has 0 aliphatic rings. The van der Waals surface area contributed by atoms with Gasteiger partial charge in [-0.15, -0.1) is 0 Å². The van der Waals surface area contributed by atoms with Crippen molar-refractivity contribution in [2.45, 2.75) is 26.3 Å². The maximum atomic E-state index is 13.3. The van der Waals surface area contributed by atoms with E-state index in [1.165, 1.54) is 0 Å². The van der Waals surface area contributed by atoms with Gasteiger partial charge in [-0.05, 0) is 18.6 Å². The minimum Gasteiger partial charge on any atom is -0.304 e. The number of carbonyl (C=O) groups excluding carboxylic acids is 1. The van der Waals surface area contributed by atoms with Gasteiger partial charge in [0.2, 0.25) is 0 Å². The minimum atomic E-state index is -3.07. The van der Waals surface area contributed by atoms with Crippen LogP contribution in [0.4, 0.5) is 23.4 Å². The highest BCUT2D eigenvalue weighted by Crippen LogP contribution is 2.25. The molecule has 4 rings (SSSR count). The first-order valence-electron chi connectivity index (χ1n) is 9.17. The van der Waals surface area contributed by atoms with E-state index in [1.54, 1.807) is 16.9 Å². The van der Waals surface area contributed by atoms with E-state index in [2.05, 4.69) is 20.5 Å². The zero-order valence-corrected chi connectivity index (χ0v) is 16.1. The van der Waals surface area contributed by atoms with Crippen LogP contribution in [-0.4, -0.2) is 30.3 Å². The van der Waals surface area contributed by atoms with Crippen molar-refractivity contribution < 1.29 is 22.4 Å². The second-order valence-electron chi connectivity index (χ2n) is 6.85. The molecule has 0 saturated heterocycles. The molecule has 4 aromatic rings. The Kier molecular flexibility index (Phi) is 5.40. The second-order valence-corrected chi connectivity index (χ2v) is 6.85. The molecule has 1 aromatic carbocycles. The lowest BCUT2D eigenvalue weighted by Gasteiger charge is -2.06. The van der Waals surface area contributed by atoms with Crippen molar-refractivity contribution in [2.24, 2.45) is 0 Å². The largest absolute Gasteiger partial charge is 0.304 e. The van der Waals surface area contributed by atoms with Gasteiger partial charge in [-0.25, -0.2) is 27.1 Å². The van der Waals surface area contributed by atoms with Crippen LogP contribution in [0.1, 0.15) is 45.9 Å². The Morgan fingerprint density at radius 1 is 1.03 bits per heavy atom. The summed E-state index contributed by atoms with van der Waals surface area (Å²) in [5.41, 5.74) is 0.0328. The predicted octanol–water partition coefficient (Wildman–Crippen LogP) is 4.41. The molecule has 0 aliphatic carbocycles. The van der Waals surface area contributed by atoms with E-state index in [0.29, 0.717) is 17.1 Å². The van der Waals surface area contributed by atoms with Gasteiger partial charge in [-0.3, -0.25) is 9.48 Å². The molecule has 7 nitrogen and oxygen atoms in total. The van der Waals surface area contributed by atoms with E-state index in [9.17, 15) is 22.4 Å². The highest BCUT2D eigenvalue weighted by Gasteiger charge is 2.22. The number of benzene rings is 1. The lowest BCUT2D eigenvalue weighted by Crippen LogP contribution is -2.14. The summed E-state index contributed by atoms with van der Waals surface area (Å²) in [5.74, 6) is -0.505. The molecule has 11 heteroatoms. The van der Waals surface area contributed by atoms with Crippen molar-refractivity contribution in [1.82, 2.24) is 24.4 Å². The number of aromatic nitrogens is 5. The first-order valence-corrected chi connectivity index (χ1v) is 9.17. The quantitative estimate of drug-likeness (QED) is 0.458. The molecule has 0 bridgehead atoms. The summed E-state index contributed by atoms with van der Waals surface area (Å²) in [4.78, 5) is 16.1. The van der Waals surface area contributed by atoms with Crippen LogP contribution in [0.2, 0.25) is 0 Å². The van der Waals surface area contributed by atoms with Gasteiger partial charge in [0.1, 0.15) is 11.4 Å². The SMILES string of the molecule is Cc1ccc(Cn2ccc(NC(=O)c3cc4nc(C(F)F)cc(C(F)F)n4n3)n2)cc1. The molecule has 3 heterocycles. The van der Waals surface area contributed by atoms with Crippen molar-refractivity contribution in [2.75, 3.05) is 5.32 Å². The van der Waals surface area contributed by atoms with Crippen molar-refractivity contribution in [3.05, 3.63) is 76.9 Å². The highest BCUT2D eigenvalue weighted by atomic mass is 19.3. The fourth-order valence-electron chi connectivity index (χ4n) is 2.97. The number of rotatable bonds is 6. The normalized spacial score (nSPS) is 11.6. The van der Waals surface area contributed by atoms with Crippen molar-refractivity contribution in [3.8, 4) is 0 Å². The third-order valence-corrected chi connectivity index (χ3v) is 4.50. The van der Waals surface area contributed by atoms with Crippen LogP contribution >= 0.6 is 0 Å². The zero-order valence-electron chi connectivity index (χ0n) is 16.1. The Labute approximate surface area is 173 Å². The molecule has 0 spiro atoms. The summed E-state index contributed by atoms with van der Waals surface area (Å²) in [6.07, 6.45) is -4.44. The van der Waals surface area contributed by atoms with Gasteiger partial charge >= 0.3 is 0 Å². The van der Waals surface area contributed by atoms with Crippen LogP contribution in [0, 0.1) is 6.92 Å². The Balaban J connectivity index is 1.54. The van der Waals surface area contributed by atoms with Gasteiger partial charge in [-0.1, -0.05) is 29.8 Å². The van der Waals surface area contributed by atoms with Crippen molar-refractivity contribution >= 4 is 17.4 Å². The first-order chi connectivity index (χ1) is 14.8. The molecule has 0 fully saturated rings. The van der Waals surface area contributed by atoms with E-state index >= 15 is 0 Å². The molecule has 1 N–H and O–H groups in total. The molecule has 31 heavy (non-hydrogen) atoms. The number of anilines is 1. The number of alkyl halides is 4. The first kappa shape index (κ1) is 20.5. The molecular formula is C20H16F4N6O. The number of carbonyl (C=O) groups is 1. The monoisotopic (exact) mass is 432 g/mol. The van der Waals surface area contributed by atoms with E-state index < -0.39 is 30.1 Å². The lowest BCUT2D eigenvalue weighted by atomic mass is 10.1. The number of hydrogen-bond donors (Lipinski definition) is 1. The van der Waals surface area contributed by atoms with Gasteiger partial charge in [-0.2, -0.15) is 10.2 Å². The predicted molar refractivity (Wildman–Crippen MR) is 103 cm³/mol. The third-order valence-electron chi connectivity index (χ3n) is 4.50. The van der Waals surface area contributed by atoms with Crippen LogP contribution in [0.15, 0.2) is 48.7 Å². The number of aryl methyl sites for hydroxylation is 1. The molecule has 0 radical (unpaired) electrons. The lowest BCUT2D eigenvalue weighted by molar-refractivity contribution is 0.102. The van der Waals surface area contributed by atoms with E-state index in [4.69, 9.17) is 0 Å². The Morgan fingerprint density at radius 2 is 1.77 bits per heavy atom. The van der Waals surface area contributed by atoms with E-state index in [1.807, 2.05) is 31.2 Å². The van der Waals surface area contributed by atoms with Gasteiger partial charge in [0, 0.05) is 18.3 Å². The zero-order chi connectivity index (χ0) is 22.1. The summed E-state index contributed by atoms with van der Waals surface area (Å²) in [6, 6.07) is 11.1. The van der Waals surface area contributed by atoms with Crippen molar-refractivity contribution in [1.29, 1.82) is 0 Å². The number of hydrogen-bond acceptors (Lipinski definition) is 4. The number of halogens is 4. The Bertz CT molecular complexity index is 1230. The van der Waals surface area contributed by atoms with Gasteiger partial charge in [0.05, 0.1) is 6.54 Å². The van der Waals surface area contributed by atoms with Crippen LogP contribution in [-0.2, 0) is 6.54 Å². The number of fused-ring (bicyclic) bond motifs is 1. The molecule has 0 saturated carbocycles. The van der Waals surface area contributed by atoms with E-state index in [0.717, 1.165) is 17.2 Å². The topological polar surface area (TPSA) is 77.1 Å². The smallest absolute Gasteiger partial charge is 0.280 e. The molecular weight excluding hydrogens is 416 g/mol. The van der Waals surface area contributed by atoms with Gasteiger partial charge in [0.15, 0.2) is 17.2 Å². The van der Waals surface area contributed by atoms with Gasteiger partial charge < -0.3 is 5.32 Å². The highest BCUT2D eigenvalue weighted by molar-refractivity contribution is 6.02. The number of amides is 1. The molecule has 0 aliphatic heterocycles. The Morgan fingerprint density at radius 3 is 2.45 bits per heavy atom. The van der Waals surface area contributed by atoms with Crippen LogP contribution < -0.4 is 5.32 Å². The third kappa shape index (κ3) is 4.39. The number of nitrogens with one attached hydrogen (secondary N) is 1. The number of nitrogens with zero attached hydrogens (tertiary/aromatic N) is 5. The molecule has 0 unspecified atom stereocenters. The fourth-order valence-corrected chi connectivity index (χ4v) is 2.97. The molecule has 1 amide bonds. The maximum absolute atomic E-state index is 13.3. The standard InChI is InChI=1S/C20H16F4N6O/c1-11-2-4-12(5-3-11)10-29-7-6-16(28-29)26-20(31)14-9-17-25-13(18(21)22)8-15(19(23)24)30(17)27-14/h2-9,18-19H,10H2,1H3,(H,26,28,31). The van der Waals surface area contributed by atoms with Crippen LogP contribution in [0.3, 0.4) is 0 Å². The summed E-state index contributed by atoms with van der Waals surface area (Å²) >= 11 is 0. The molecule has 160 valence electrons. The average molecular weight is 432 g/mol. The van der Waals surface area contributed by atoms with Gasteiger partial charge in [0.25, 0.3) is 18.8 Å². The fraction of sp³-hybridized carbons (Fsp3) is 0.200. The summed E-state index contributed by atoms with van der Waals surface area (Å²) in [5, 5.41) is 10.6. The molecule has 3 aromatic heterocycles. The van der Waals surface area contributed by atoms with Crippen molar-refractivity contribution in [3.63, 3.8) is 0 Å².